The zero-order valence-corrected chi connectivity index (χ0v) is 14.3. The Morgan fingerprint density at radius 3 is 2.69 bits per heavy atom. The van der Waals surface area contributed by atoms with E-state index in [1.165, 1.54) is 10.5 Å². The van der Waals surface area contributed by atoms with Gasteiger partial charge in [0.2, 0.25) is 11.8 Å². The van der Waals surface area contributed by atoms with Gasteiger partial charge >= 0.3 is 5.97 Å². The average Bonchev–Trinajstić information content (AvgIpc) is 3.24. The van der Waals surface area contributed by atoms with Crippen molar-refractivity contribution >= 4 is 28.7 Å². The minimum absolute atomic E-state index is 0.0290. The number of carbonyl (C=O) groups excluding carboxylic acids is 1. The third kappa shape index (κ3) is 2.83. The Labute approximate surface area is 150 Å². The highest BCUT2D eigenvalue weighted by Gasteiger charge is 2.35. The van der Waals surface area contributed by atoms with Crippen LogP contribution in [-0.4, -0.2) is 28.5 Å². The molecule has 0 bridgehead atoms. The Balaban J connectivity index is 1.65. The molecule has 0 radical (unpaired) electrons. The van der Waals surface area contributed by atoms with Crippen LogP contribution in [0.4, 0.5) is 5.69 Å². The van der Waals surface area contributed by atoms with Gasteiger partial charge in [0.15, 0.2) is 5.58 Å². The molecular formula is C20H18N2O4. The van der Waals surface area contributed by atoms with Crippen LogP contribution in [-0.2, 0) is 16.0 Å². The first-order valence-corrected chi connectivity index (χ1v) is 8.58. The van der Waals surface area contributed by atoms with Gasteiger partial charge in [-0.25, -0.2) is 4.98 Å². The predicted octanol–water partition coefficient (Wildman–Crippen LogP) is 3.49. The lowest BCUT2D eigenvalue weighted by Crippen LogP contribution is -2.25. The number of carboxylic acid groups (broad SMARTS) is 1. The first kappa shape index (κ1) is 16.3. The predicted molar refractivity (Wildman–Crippen MR) is 96.9 cm³/mol. The Kier molecular flexibility index (Phi) is 3.95. The van der Waals surface area contributed by atoms with E-state index in [9.17, 15) is 9.59 Å². The van der Waals surface area contributed by atoms with Crippen LogP contribution in [0.5, 0.6) is 0 Å². The third-order valence-electron chi connectivity index (χ3n) is 4.77. The van der Waals surface area contributed by atoms with Crippen molar-refractivity contribution in [3.8, 4) is 11.5 Å². The fourth-order valence-electron chi connectivity index (χ4n) is 3.21. The number of anilines is 1. The summed E-state index contributed by atoms with van der Waals surface area (Å²) in [6, 6.07) is 13.3. The summed E-state index contributed by atoms with van der Waals surface area (Å²) in [7, 11) is 0. The Morgan fingerprint density at radius 1 is 1.27 bits per heavy atom. The Bertz CT molecular complexity index is 991. The van der Waals surface area contributed by atoms with Gasteiger partial charge in [0, 0.05) is 24.2 Å². The van der Waals surface area contributed by atoms with E-state index in [4.69, 9.17) is 9.52 Å². The number of aryl methyl sites for hydroxylation is 1. The van der Waals surface area contributed by atoms with Crippen molar-refractivity contribution in [2.75, 3.05) is 11.4 Å². The number of fused-ring (bicyclic) bond motifs is 1. The Hall–Kier alpha value is -3.15. The number of hydrogen-bond acceptors (Lipinski definition) is 4. The minimum atomic E-state index is -0.943. The molecule has 0 unspecified atom stereocenters. The molecule has 1 fully saturated rings. The van der Waals surface area contributed by atoms with E-state index < -0.39 is 11.9 Å². The van der Waals surface area contributed by atoms with E-state index in [0.29, 0.717) is 22.7 Å². The Morgan fingerprint density at radius 2 is 2.04 bits per heavy atom. The van der Waals surface area contributed by atoms with Crippen LogP contribution in [0.2, 0.25) is 0 Å². The summed E-state index contributed by atoms with van der Waals surface area (Å²) < 4.78 is 5.82. The molecule has 1 aromatic heterocycles. The summed E-state index contributed by atoms with van der Waals surface area (Å²) in [6.45, 7) is 2.29. The van der Waals surface area contributed by atoms with Gasteiger partial charge in [0.25, 0.3) is 0 Å². The molecule has 0 saturated carbocycles. The summed E-state index contributed by atoms with van der Waals surface area (Å²) >= 11 is 0. The second kappa shape index (κ2) is 6.29. The molecule has 0 spiro atoms. The molecule has 1 N–H and O–H groups in total. The monoisotopic (exact) mass is 350 g/mol. The van der Waals surface area contributed by atoms with Crippen LogP contribution >= 0.6 is 0 Å². The van der Waals surface area contributed by atoms with Crippen molar-refractivity contribution in [3.05, 3.63) is 48.0 Å². The zero-order valence-electron chi connectivity index (χ0n) is 14.3. The summed E-state index contributed by atoms with van der Waals surface area (Å²) in [5.41, 5.74) is 4.05. The smallest absolute Gasteiger partial charge is 0.308 e. The van der Waals surface area contributed by atoms with Gasteiger partial charge in [-0.15, -0.1) is 0 Å². The molecule has 1 aliphatic heterocycles. The van der Waals surface area contributed by atoms with Gasteiger partial charge in [-0.1, -0.05) is 19.1 Å². The zero-order chi connectivity index (χ0) is 18.3. The third-order valence-corrected chi connectivity index (χ3v) is 4.77. The van der Waals surface area contributed by atoms with Crippen LogP contribution < -0.4 is 4.90 Å². The van der Waals surface area contributed by atoms with Crippen molar-refractivity contribution in [1.29, 1.82) is 0 Å². The SMILES string of the molecule is CCc1ccc(-c2nc3cc(N4C[C@@H](C(=O)O)CC4=O)ccc3o2)cc1. The van der Waals surface area contributed by atoms with Gasteiger partial charge in [0.1, 0.15) is 5.52 Å². The number of benzene rings is 2. The molecular weight excluding hydrogens is 332 g/mol. The first-order valence-electron chi connectivity index (χ1n) is 8.58. The largest absolute Gasteiger partial charge is 0.481 e. The van der Waals surface area contributed by atoms with Crippen molar-refractivity contribution in [1.82, 2.24) is 4.98 Å². The normalized spacial score (nSPS) is 17.2. The van der Waals surface area contributed by atoms with Gasteiger partial charge < -0.3 is 14.4 Å². The quantitative estimate of drug-likeness (QED) is 0.779. The van der Waals surface area contributed by atoms with E-state index in [0.717, 1.165) is 12.0 Å². The molecule has 0 aliphatic carbocycles. The number of oxazole rings is 1. The lowest BCUT2D eigenvalue weighted by molar-refractivity contribution is -0.141. The summed E-state index contributed by atoms with van der Waals surface area (Å²) in [5.74, 6) is -1.27. The summed E-state index contributed by atoms with van der Waals surface area (Å²) in [4.78, 5) is 29.3. The number of carbonyl (C=O) groups is 2. The number of carboxylic acids is 1. The van der Waals surface area contributed by atoms with E-state index >= 15 is 0 Å². The standard InChI is InChI=1S/C20H18N2O4/c1-2-12-3-5-13(6-4-12)19-21-16-10-15(7-8-17(16)26-19)22-11-14(20(24)25)9-18(22)23/h3-8,10,14H,2,9,11H2,1H3,(H,24,25)/t14-/m0/s1. The summed E-state index contributed by atoms with van der Waals surface area (Å²) in [5, 5.41) is 9.13. The lowest BCUT2D eigenvalue weighted by Gasteiger charge is -2.15. The molecule has 2 heterocycles. The highest BCUT2D eigenvalue weighted by molar-refractivity contribution is 6.00. The molecule has 2 aromatic carbocycles. The summed E-state index contributed by atoms with van der Waals surface area (Å²) in [6.07, 6.45) is 1.000. The number of hydrogen-bond donors (Lipinski definition) is 1. The highest BCUT2D eigenvalue weighted by Crippen LogP contribution is 2.30. The van der Waals surface area contributed by atoms with Gasteiger partial charge in [-0.3, -0.25) is 9.59 Å². The van der Waals surface area contributed by atoms with E-state index in [1.807, 2.05) is 24.3 Å². The molecule has 1 saturated heterocycles. The number of nitrogens with zero attached hydrogens (tertiary/aromatic N) is 2. The average molecular weight is 350 g/mol. The fraction of sp³-hybridized carbons (Fsp3) is 0.250. The van der Waals surface area contributed by atoms with Crippen molar-refractivity contribution in [2.45, 2.75) is 19.8 Å². The van der Waals surface area contributed by atoms with Crippen LogP contribution in [0.25, 0.3) is 22.6 Å². The van der Waals surface area contributed by atoms with Crippen LogP contribution in [0, 0.1) is 5.92 Å². The van der Waals surface area contributed by atoms with Gasteiger partial charge in [0.05, 0.1) is 5.92 Å². The lowest BCUT2D eigenvalue weighted by atomic mass is 10.1. The molecule has 4 rings (SSSR count). The van der Waals surface area contributed by atoms with Crippen molar-refractivity contribution in [2.24, 2.45) is 5.92 Å². The molecule has 6 heteroatoms. The van der Waals surface area contributed by atoms with E-state index in [-0.39, 0.29) is 18.9 Å². The van der Waals surface area contributed by atoms with Crippen LogP contribution in [0.15, 0.2) is 46.9 Å². The van der Waals surface area contributed by atoms with Crippen LogP contribution in [0.1, 0.15) is 18.9 Å². The maximum absolute atomic E-state index is 12.1. The number of aromatic nitrogens is 1. The van der Waals surface area contributed by atoms with Crippen LogP contribution in [0.3, 0.4) is 0 Å². The van der Waals surface area contributed by atoms with Gasteiger partial charge in [-0.2, -0.15) is 0 Å². The molecule has 6 nitrogen and oxygen atoms in total. The van der Waals surface area contributed by atoms with Gasteiger partial charge in [-0.05, 0) is 42.3 Å². The second-order valence-electron chi connectivity index (χ2n) is 6.47. The number of rotatable bonds is 4. The number of aliphatic carboxylic acids is 1. The molecule has 3 aromatic rings. The topological polar surface area (TPSA) is 83.6 Å². The number of amides is 1. The molecule has 132 valence electrons. The maximum Gasteiger partial charge on any atom is 0.308 e. The second-order valence-corrected chi connectivity index (χ2v) is 6.47. The van der Waals surface area contributed by atoms with Crippen molar-refractivity contribution < 1.29 is 19.1 Å². The van der Waals surface area contributed by atoms with Crippen molar-refractivity contribution in [3.63, 3.8) is 0 Å². The van der Waals surface area contributed by atoms with E-state index in [2.05, 4.69) is 11.9 Å². The first-order chi connectivity index (χ1) is 12.5. The maximum atomic E-state index is 12.1. The molecule has 1 aliphatic rings. The van der Waals surface area contributed by atoms with E-state index in [1.54, 1.807) is 18.2 Å². The highest BCUT2D eigenvalue weighted by atomic mass is 16.4. The molecule has 26 heavy (non-hydrogen) atoms. The fourth-order valence-corrected chi connectivity index (χ4v) is 3.21. The molecule has 1 atom stereocenters. The molecule has 1 amide bonds. The minimum Gasteiger partial charge on any atom is -0.481 e.